The van der Waals surface area contributed by atoms with Crippen LogP contribution in [0.1, 0.15) is 45.1 Å². The second-order valence-electron chi connectivity index (χ2n) is 7.99. The summed E-state index contributed by atoms with van der Waals surface area (Å²) < 4.78 is 44.7. The monoisotopic (exact) mass is 523 g/mol. The standard InChI is InChI=1S/C25H18Cl2F3NO2S/c1-14-9-16(7-8-20(14)23(33)22(32)15-5-3-2-4-6-15)21-13-24(34-31-21,25(28,29)30)17-10-18(26)12-19(27)11-17/h2-12,23,33H,13H2,1H3. The molecule has 0 saturated heterocycles. The third-order valence-electron chi connectivity index (χ3n) is 5.72. The molecule has 34 heavy (non-hydrogen) atoms. The minimum Gasteiger partial charge on any atom is -0.380 e. The van der Waals surface area contributed by atoms with E-state index in [1.165, 1.54) is 18.2 Å². The molecule has 0 amide bonds. The molecule has 0 aliphatic carbocycles. The smallest absolute Gasteiger partial charge is 0.380 e. The van der Waals surface area contributed by atoms with Crippen molar-refractivity contribution >= 4 is 46.6 Å². The zero-order valence-corrected chi connectivity index (χ0v) is 20.1. The third-order valence-corrected chi connectivity index (χ3v) is 7.39. The highest BCUT2D eigenvalue weighted by Gasteiger charge is 2.60. The number of rotatable bonds is 5. The van der Waals surface area contributed by atoms with Crippen molar-refractivity contribution < 1.29 is 23.1 Å². The number of ketones is 1. The molecule has 4 rings (SSSR count). The summed E-state index contributed by atoms with van der Waals surface area (Å²) in [7, 11) is 0. The molecule has 1 aliphatic rings. The van der Waals surface area contributed by atoms with Crippen molar-refractivity contribution in [2.45, 2.75) is 30.4 Å². The van der Waals surface area contributed by atoms with Crippen LogP contribution in [0.15, 0.2) is 71.1 Å². The predicted molar refractivity (Wildman–Crippen MR) is 130 cm³/mol. The van der Waals surface area contributed by atoms with Crippen LogP contribution in [-0.2, 0) is 4.75 Å². The van der Waals surface area contributed by atoms with Gasteiger partial charge in [-0.15, -0.1) is 0 Å². The fraction of sp³-hybridized carbons (Fsp3) is 0.200. The van der Waals surface area contributed by atoms with Crippen LogP contribution in [-0.4, -0.2) is 22.8 Å². The van der Waals surface area contributed by atoms with Crippen LogP contribution in [0.3, 0.4) is 0 Å². The highest BCUT2D eigenvalue weighted by atomic mass is 35.5. The molecule has 0 aromatic heterocycles. The van der Waals surface area contributed by atoms with Crippen LogP contribution in [0.25, 0.3) is 0 Å². The van der Waals surface area contributed by atoms with Gasteiger partial charge < -0.3 is 5.11 Å². The molecule has 2 atom stereocenters. The number of aliphatic hydroxyl groups is 1. The van der Waals surface area contributed by atoms with Crippen molar-refractivity contribution in [3.63, 3.8) is 0 Å². The van der Waals surface area contributed by atoms with Gasteiger partial charge in [-0.1, -0.05) is 65.7 Å². The lowest BCUT2D eigenvalue weighted by molar-refractivity contribution is -0.159. The van der Waals surface area contributed by atoms with Gasteiger partial charge in [0.1, 0.15) is 6.10 Å². The molecule has 9 heteroatoms. The first-order chi connectivity index (χ1) is 16.0. The summed E-state index contributed by atoms with van der Waals surface area (Å²) in [4.78, 5) is 12.6. The van der Waals surface area contributed by atoms with E-state index in [4.69, 9.17) is 23.2 Å². The van der Waals surface area contributed by atoms with Gasteiger partial charge in [0, 0.05) is 22.0 Å². The maximum absolute atomic E-state index is 14.3. The molecule has 0 spiro atoms. The van der Waals surface area contributed by atoms with E-state index in [1.807, 2.05) is 0 Å². The molecule has 3 nitrogen and oxygen atoms in total. The molecule has 1 heterocycles. The maximum Gasteiger partial charge on any atom is 0.409 e. The van der Waals surface area contributed by atoms with Gasteiger partial charge in [-0.25, -0.2) is 4.40 Å². The number of alkyl halides is 3. The quantitative estimate of drug-likeness (QED) is 0.278. The Hall–Kier alpha value is -2.32. The number of carbonyl (C=O) groups is 1. The van der Waals surface area contributed by atoms with Gasteiger partial charge in [-0.05, 0) is 65.4 Å². The van der Waals surface area contributed by atoms with Crippen molar-refractivity contribution in [3.8, 4) is 0 Å². The Morgan fingerprint density at radius 1 is 1.06 bits per heavy atom. The van der Waals surface area contributed by atoms with Crippen LogP contribution in [0.2, 0.25) is 10.0 Å². The number of hydrogen-bond acceptors (Lipinski definition) is 4. The predicted octanol–water partition coefficient (Wildman–Crippen LogP) is 7.52. The Bertz CT molecular complexity index is 1260. The average Bonchev–Trinajstić information content (AvgIpc) is 3.25. The van der Waals surface area contributed by atoms with Crippen molar-refractivity contribution in [1.29, 1.82) is 0 Å². The van der Waals surface area contributed by atoms with Gasteiger partial charge in [0.15, 0.2) is 10.5 Å². The largest absolute Gasteiger partial charge is 0.409 e. The van der Waals surface area contributed by atoms with Crippen molar-refractivity contribution in [1.82, 2.24) is 0 Å². The first-order valence-electron chi connectivity index (χ1n) is 10.2. The number of nitrogens with zero attached hydrogens (tertiary/aromatic N) is 1. The summed E-state index contributed by atoms with van der Waals surface area (Å²) in [6, 6.07) is 17.0. The van der Waals surface area contributed by atoms with Crippen molar-refractivity contribution in [2.24, 2.45) is 4.40 Å². The lowest BCUT2D eigenvalue weighted by Crippen LogP contribution is -2.38. The minimum atomic E-state index is -4.62. The van der Waals surface area contributed by atoms with E-state index in [2.05, 4.69) is 4.40 Å². The summed E-state index contributed by atoms with van der Waals surface area (Å²) >= 11 is 12.4. The first-order valence-corrected chi connectivity index (χ1v) is 11.7. The second-order valence-corrected chi connectivity index (χ2v) is 9.93. The molecule has 1 N–H and O–H groups in total. The fourth-order valence-corrected chi connectivity index (χ4v) is 5.40. The lowest BCUT2D eigenvalue weighted by Gasteiger charge is -2.30. The maximum atomic E-state index is 14.3. The second kappa shape index (κ2) is 9.38. The van der Waals surface area contributed by atoms with E-state index in [0.29, 0.717) is 34.2 Å². The molecule has 1 aliphatic heterocycles. The van der Waals surface area contributed by atoms with Gasteiger partial charge in [0.25, 0.3) is 0 Å². The van der Waals surface area contributed by atoms with Crippen LogP contribution < -0.4 is 0 Å². The number of carbonyl (C=O) groups excluding carboxylic acids is 1. The third kappa shape index (κ3) is 4.62. The highest BCUT2D eigenvalue weighted by Crippen LogP contribution is 2.57. The van der Waals surface area contributed by atoms with Crippen LogP contribution in [0.5, 0.6) is 0 Å². The SMILES string of the molecule is Cc1cc(C2=NSC(c3cc(Cl)cc(Cl)c3)(C(F)(F)F)C2)ccc1C(O)C(=O)c1ccccc1. The highest BCUT2D eigenvalue weighted by molar-refractivity contribution is 7.99. The molecule has 176 valence electrons. The molecule has 0 bridgehead atoms. The summed E-state index contributed by atoms with van der Waals surface area (Å²) in [6.45, 7) is 1.69. The van der Waals surface area contributed by atoms with E-state index in [1.54, 1.807) is 55.5 Å². The van der Waals surface area contributed by atoms with E-state index < -0.39 is 29.2 Å². The molecule has 0 fully saturated rings. The van der Waals surface area contributed by atoms with E-state index in [9.17, 15) is 23.1 Å². The van der Waals surface area contributed by atoms with Gasteiger partial charge in [-0.3, -0.25) is 4.79 Å². The Kier molecular flexibility index (Phi) is 6.84. The van der Waals surface area contributed by atoms with Gasteiger partial charge in [0.2, 0.25) is 0 Å². The normalized spacial score (nSPS) is 19.1. The van der Waals surface area contributed by atoms with Crippen LogP contribution in [0, 0.1) is 6.92 Å². The Balaban J connectivity index is 1.63. The first kappa shape index (κ1) is 24.8. The molecular weight excluding hydrogens is 506 g/mol. The number of Topliss-reactive ketones (excluding diaryl/α,β-unsaturated/α-hetero) is 1. The molecule has 0 saturated carbocycles. The van der Waals surface area contributed by atoms with Gasteiger partial charge in [0.05, 0.1) is 5.71 Å². The molecule has 3 aromatic rings. The zero-order valence-electron chi connectivity index (χ0n) is 17.7. The molecular formula is C25H18Cl2F3NO2S. The fourth-order valence-electron chi connectivity index (χ4n) is 3.91. The zero-order chi connectivity index (χ0) is 24.7. The topological polar surface area (TPSA) is 49.7 Å². The van der Waals surface area contributed by atoms with Gasteiger partial charge >= 0.3 is 6.18 Å². The van der Waals surface area contributed by atoms with Crippen molar-refractivity contribution in [2.75, 3.05) is 0 Å². The Labute approximate surface area is 208 Å². The summed E-state index contributed by atoms with van der Waals surface area (Å²) in [5.74, 6) is -0.459. The molecule has 0 radical (unpaired) electrons. The summed E-state index contributed by atoms with van der Waals surface area (Å²) in [5, 5.41) is 10.8. The van der Waals surface area contributed by atoms with E-state index in [0.717, 1.165) is 0 Å². The minimum absolute atomic E-state index is 0.0709. The average molecular weight is 524 g/mol. The number of aryl methyl sites for hydroxylation is 1. The molecule has 2 unspecified atom stereocenters. The molecule has 3 aromatic carbocycles. The van der Waals surface area contributed by atoms with Gasteiger partial charge in [-0.2, -0.15) is 13.2 Å². The lowest BCUT2D eigenvalue weighted by atomic mass is 9.88. The summed E-state index contributed by atoms with van der Waals surface area (Å²) in [6.07, 6.45) is -6.43. The van der Waals surface area contributed by atoms with E-state index >= 15 is 0 Å². The van der Waals surface area contributed by atoms with E-state index in [-0.39, 0.29) is 21.3 Å². The van der Waals surface area contributed by atoms with Crippen LogP contribution >= 0.6 is 35.1 Å². The van der Waals surface area contributed by atoms with Crippen molar-refractivity contribution in [3.05, 3.63) is 105 Å². The Morgan fingerprint density at radius 3 is 2.29 bits per heavy atom. The van der Waals surface area contributed by atoms with Crippen LogP contribution in [0.4, 0.5) is 13.2 Å². The number of aliphatic hydroxyl groups excluding tert-OH is 1. The summed E-state index contributed by atoms with van der Waals surface area (Å²) in [5.41, 5.74) is 1.97. The number of halogens is 5. The Morgan fingerprint density at radius 2 is 1.71 bits per heavy atom. The number of hydrogen-bond donors (Lipinski definition) is 1. The number of benzene rings is 3.